The zero-order chi connectivity index (χ0) is 8.85. The number of carbonyl (C=O) groups is 1. The van der Waals surface area contributed by atoms with Gasteiger partial charge in [-0.2, -0.15) is 0 Å². The van der Waals surface area contributed by atoms with Crippen molar-refractivity contribution in [2.24, 2.45) is 5.92 Å². The van der Waals surface area contributed by atoms with E-state index in [1.165, 1.54) is 0 Å². The average molecular weight is 153 g/mol. The minimum atomic E-state index is 0.0307. The monoisotopic (exact) mass is 153 g/mol. The Balaban J connectivity index is 3.95. The molecule has 62 valence electrons. The van der Waals surface area contributed by atoms with Crippen LogP contribution in [0.2, 0.25) is 0 Å². The van der Waals surface area contributed by atoms with Crippen molar-refractivity contribution in [3.05, 3.63) is 24.4 Å². The van der Waals surface area contributed by atoms with E-state index >= 15 is 0 Å². The van der Waals surface area contributed by atoms with E-state index in [4.69, 9.17) is 0 Å². The quantitative estimate of drug-likeness (QED) is 0.616. The molecule has 0 fully saturated rings. The molecule has 2 heteroatoms. The molecule has 0 aromatic rings. The molecule has 1 amide bonds. The van der Waals surface area contributed by atoms with Gasteiger partial charge in [0.2, 0.25) is 5.91 Å². The van der Waals surface area contributed by atoms with Crippen molar-refractivity contribution >= 4 is 5.91 Å². The molecule has 0 saturated heterocycles. The van der Waals surface area contributed by atoms with Crippen LogP contribution in [-0.2, 0) is 4.79 Å². The van der Waals surface area contributed by atoms with Gasteiger partial charge in [-0.15, -0.1) is 0 Å². The minimum absolute atomic E-state index is 0.0307. The molecule has 0 radical (unpaired) electrons. The van der Waals surface area contributed by atoms with Gasteiger partial charge in [-0.05, 0) is 13.0 Å². The number of hydrogen-bond donors (Lipinski definition) is 1. The number of nitrogens with one attached hydrogen (secondary N) is 1. The first-order chi connectivity index (χ1) is 5.07. The van der Waals surface area contributed by atoms with Gasteiger partial charge < -0.3 is 5.32 Å². The maximum absolute atomic E-state index is 11.0. The van der Waals surface area contributed by atoms with Crippen LogP contribution in [0.4, 0.5) is 0 Å². The molecule has 11 heavy (non-hydrogen) atoms. The molecule has 0 aliphatic rings. The Morgan fingerprint density at radius 3 is 2.45 bits per heavy atom. The Hall–Kier alpha value is -1.05. The van der Waals surface area contributed by atoms with Gasteiger partial charge in [-0.1, -0.05) is 26.5 Å². The highest BCUT2D eigenvalue weighted by molar-refractivity contribution is 5.79. The third-order valence-corrected chi connectivity index (χ3v) is 1.21. The van der Waals surface area contributed by atoms with Crippen molar-refractivity contribution < 1.29 is 4.79 Å². The second kappa shape index (κ2) is 4.72. The van der Waals surface area contributed by atoms with E-state index in [0.717, 1.165) is 5.70 Å². The third kappa shape index (κ3) is 4.37. The normalized spacial score (nSPS) is 11.5. The van der Waals surface area contributed by atoms with Crippen LogP contribution in [-0.4, -0.2) is 5.91 Å². The predicted molar refractivity (Wildman–Crippen MR) is 46.9 cm³/mol. The van der Waals surface area contributed by atoms with E-state index in [1.54, 1.807) is 12.2 Å². The fourth-order valence-corrected chi connectivity index (χ4v) is 0.557. The first kappa shape index (κ1) is 9.95. The molecule has 0 aromatic heterocycles. The summed E-state index contributed by atoms with van der Waals surface area (Å²) in [4.78, 5) is 11.0. The van der Waals surface area contributed by atoms with E-state index < -0.39 is 0 Å². The summed E-state index contributed by atoms with van der Waals surface area (Å²) in [5, 5.41) is 2.73. The molecular formula is C9H15NO. The Morgan fingerprint density at radius 2 is 2.09 bits per heavy atom. The van der Waals surface area contributed by atoms with Crippen molar-refractivity contribution in [2.75, 3.05) is 0 Å². The van der Waals surface area contributed by atoms with Crippen LogP contribution >= 0.6 is 0 Å². The van der Waals surface area contributed by atoms with Crippen LogP contribution in [0.15, 0.2) is 24.4 Å². The first-order valence-electron chi connectivity index (χ1n) is 3.68. The summed E-state index contributed by atoms with van der Waals surface area (Å²) in [5.74, 6) is 0.0729. The van der Waals surface area contributed by atoms with E-state index in [9.17, 15) is 4.79 Å². The second-order valence-electron chi connectivity index (χ2n) is 2.73. The number of allylic oxidation sites excluding steroid dienone is 3. The Labute approximate surface area is 68.0 Å². The molecule has 0 rings (SSSR count). The smallest absolute Gasteiger partial charge is 0.226 e. The summed E-state index contributed by atoms with van der Waals surface area (Å²) >= 11 is 0. The summed E-state index contributed by atoms with van der Waals surface area (Å²) in [6, 6.07) is 0. The summed E-state index contributed by atoms with van der Waals surface area (Å²) < 4.78 is 0. The zero-order valence-corrected chi connectivity index (χ0v) is 7.35. The van der Waals surface area contributed by atoms with E-state index in [0.29, 0.717) is 0 Å². The summed E-state index contributed by atoms with van der Waals surface area (Å²) in [5.41, 5.74) is 0.832. The fourth-order valence-electron chi connectivity index (χ4n) is 0.557. The molecule has 0 spiro atoms. The Bertz CT molecular complexity index is 180. The van der Waals surface area contributed by atoms with Crippen molar-refractivity contribution in [2.45, 2.75) is 20.8 Å². The molecular weight excluding hydrogens is 138 g/mol. The SMILES string of the molecule is C=CC=C(C)NC(=O)C(C)C. The average Bonchev–Trinajstić information content (AvgIpc) is 1.87. The molecule has 0 aliphatic carbocycles. The van der Waals surface area contributed by atoms with Gasteiger partial charge in [0, 0.05) is 11.6 Å². The van der Waals surface area contributed by atoms with Crippen molar-refractivity contribution in [3.63, 3.8) is 0 Å². The summed E-state index contributed by atoms with van der Waals surface area (Å²) in [6.07, 6.45) is 3.41. The largest absolute Gasteiger partial charge is 0.330 e. The molecule has 0 aliphatic heterocycles. The zero-order valence-electron chi connectivity index (χ0n) is 7.35. The fraction of sp³-hybridized carbons (Fsp3) is 0.444. The van der Waals surface area contributed by atoms with Crippen LogP contribution in [0, 0.1) is 5.92 Å². The van der Waals surface area contributed by atoms with Crippen LogP contribution in [0.1, 0.15) is 20.8 Å². The van der Waals surface area contributed by atoms with Crippen LogP contribution in [0.3, 0.4) is 0 Å². The molecule has 0 saturated carbocycles. The lowest BCUT2D eigenvalue weighted by Crippen LogP contribution is -2.25. The molecule has 0 heterocycles. The number of hydrogen-bond acceptors (Lipinski definition) is 1. The van der Waals surface area contributed by atoms with Gasteiger partial charge in [0.25, 0.3) is 0 Å². The maximum atomic E-state index is 11.0. The van der Waals surface area contributed by atoms with Gasteiger partial charge in [-0.3, -0.25) is 4.79 Å². The van der Waals surface area contributed by atoms with Gasteiger partial charge in [0.15, 0.2) is 0 Å². The number of amides is 1. The topological polar surface area (TPSA) is 29.1 Å². The first-order valence-corrected chi connectivity index (χ1v) is 3.68. The van der Waals surface area contributed by atoms with Gasteiger partial charge in [0.05, 0.1) is 0 Å². The third-order valence-electron chi connectivity index (χ3n) is 1.21. The number of carbonyl (C=O) groups excluding carboxylic acids is 1. The number of rotatable bonds is 3. The van der Waals surface area contributed by atoms with E-state index in [-0.39, 0.29) is 11.8 Å². The maximum Gasteiger partial charge on any atom is 0.226 e. The van der Waals surface area contributed by atoms with Crippen molar-refractivity contribution in [3.8, 4) is 0 Å². The van der Waals surface area contributed by atoms with Crippen LogP contribution in [0.25, 0.3) is 0 Å². The minimum Gasteiger partial charge on any atom is -0.330 e. The van der Waals surface area contributed by atoms with Crippen molar-refractivity contribution in [1.82, 2.24) is 5.32 Å². The highest BCUT2D eigenvalue weighted by Crippen LogP contribution is 1.94. The highest BCUT2D eigenvalue weighted by Gasteiger charge is 2.04. The van der Waals surface area contributed by atoms with E-state index in [1.807, 2.05) is 20.8 Å². The van der Waals surface area contributed by atoms with E-state index in [2.05, 4.69) is 11.9 Å². The standard InChI is InChI=1S/C9H15NO/c1-5-6-8(4)10-9(11)7(2)3/h5-7H,1H2,2-4H3,(H,10,11). The van der Waals surface area contributed by atoms with Gasteiger partial charge in [0.1, 0.15) is 0 Å². The lowest BCUT2D eigenvalue weighted by atomic mass is 10.2. The highest BCUT2D eigenvalue weighted by atomic mass is 16.1. The lowest BCUT2D eigenvalue weighted by Gasteiger charge is -2.06. The predicted octanol–water partition coefficient (Wildman–Crippen LogP) is 1.85. The van der Waals surface area contributed by atoms with Crippen LogP contribution in [0.5, 0.6) is 0 Å². The molecule has 2 nitrogen and oxygen atoms in total. The molecule has 0 unspecified atom stereocenters. The summed E-state index contributed by atoms with van der Waals surface area (Å²) in [7, 11) is 0. The van der Waals surface area contributed by atoms with Gasteiger partial charge >= 0.3 is 0 Å². The Kier molecular flexibility index (Phi) is 4.27. The molecule has 0 bridgehead atoms. The van der Waals surface area contributed by atoms with Crippen LogP contribution < -0.4 is 5.32 Å². The second-order valence-corrected chi connectivity index (χ2v) is 2.73. The van der Waals surface area contributed by atoms with Gasteiger partial charge in [-0.25, -0.2) is 0 Å². The lowest BCUT2D eigenvalue weighted by molar-refractivity contribution is -0.123. The molecule has 0 atom stereocenters. The molecule has 1 N–H and O–H groups in total. The molecule has 0 aromatic carbocycles. The summed E-state index contributed by atoms with van der Waals surface area (Å²) in [6.45, 7) is 9.08. The Morgan fingerprint density at radius 1 is 1.55 bits per heavy atom. The van der Waals surface area contributed by atoms with Crippen molar-refractivity contribution in [1.29, 1.82) is 0 Å².